The number of unbranched alkanes of at least 4 members (excludes halogenated alkanes) is 1. The minimum Gasteiger partial charge on any atom is -0.333 e. The van der Waals surface area contributed by atoms with E-state index in [9.17, 15) is 13.6 Å². The summed E-state index contributed by atoms with van der Waals surface area (Å²) in [6.07, 6.45) is -0.667. The summed E-state index contributed by atoms with van der Waals surface area (Å²) < 4.78 is 28.1. The number of halogens is 2. The molecule has 0 aliphatic carbocycles. The Morgan fingerprint density at radius 1 is 1.54 bits per heavy atom. The van der Waals surface area contributed by atoms with Gasteiger partial charge in [0.1, 0.15) is 6.29 Å². The van der Waals surface area contributed by atoms with Crippen molar-refractivity contribution in [2.24, 2.45) is 0 Å². The molecule has 0 saturated carbocycles. The summed E-state index contributed by atoms with van der Waals surface area (Å²) in [5, 5.41) is 3.33. The average Bonchev–Trinajstić information content (AvgIpc) is 2.53. The monoisotopic (exact) mass is 190 g/mol. The zero-order valence-electron chi connectivity index (χ0n) is 6.74. The summed E-state index contributed by atoms with van der Waals surface area (Å²) in [7, 11) is 0. The molecule has 1 rings (SSSR count). The second kappa shape index (κ2) is 4.64. The van der Waals surface area contributed by atoms with E-state index in [1.165, 1.54) is 0 Å². The molecule has 1 heterocycles. The third kappa shape index (κ3) is 2.89. The molecule has 1 aromatic rings. The zero-order valence-corrected chi connectivity index (χ0v) is 6.74. The van der Waals surface area contributed by atoms with E-state index in [1.807, 2.05) is 0 Å². The van der Waals surface area contributed by atoms with Gasteiger partial charge in [0.25, 0.3) is 5.89 Å². The van der Waals surface area contributed by atoms with Crippen LogP contribution in [0.4, 0.5) is 8.78 Å². The number of alkyl halides is 2. The maximum absolute atomic E-state index is 11.9. The number of aromatic nitrogens is 2. The lowest BCUT2D eigenvalue weighted by Crippen LogP contribution is -1.90. The predicted octanol–water partition coefficient (Wildman–Crippen LogP) is 1.53. The molecule has 72 valence electrons. The first-order valence-corrected chi connectivity index (χ1v) is 3.78. The van der Waals surface area contributed by atoms with Crippen LogP contribution in [0.25, 0.3) is 0 Å². The minimum atomic E-state index is -2.73. The summed E-state index contributed by atoms with van der Waals surface area (Å²) in [6, 6.07) is 0. The van der Waals surface area contributed by atoms with E-state index < -0.39 is 12.3 Å². The van der Waals surface area contributed by atoms with Gasteiger partial charge in [0, 0.05) is 12.8 Å². The van der Waals surface area contributed by atoms with Gasteiger partial charge in [-0.2, -0.15) is 13.8 Å². The number of hydrogen-bond donors (Lipinski definition) is 0. The summed E-state index contributed by atoms with van der Waals surface area (Å²) in [4.78, 5) is 13.4. The number of aryl methyl sites for hydroxylation is 1. The Balaban J connectivity index is 2.44. The van der Waals surface area contributed by atoms with Crippen LogP contribution in [0.1, 0.15) is 31.0 Å². The standard InChI is InChI=1S/C7H8F2N2O2/c8-6(9)7-10-5(11-13-7)3-1-2-4-12/h4,6H,1-3H2. The average molecular weight is 190 g/mol. The van der Waals surface area contributed by atoms with E-state index in [-0.39, 0.29) is 5.82 Å². The molecular weight excluding hydrogens is 182 g/mol. The second-order valence-corrected chi connectivity index (χ2v) is 2.41. The summed E-state index contributed by atoms with van der Waals surface area (Å²) in [5.74, 6) is -0.446. The first kappa shape index (κ1) is 9.76. The molecule has 0 saturated heterocycles. The van der Waals surface area contributed by atoms with Crippen molar-refractivity contribution in [3.8, 4) is 0 Å². The molecule has 0 bridgehead atoms. The number of rotatable bonds is 5. The van der Waals surface area contributed by atoms with Crippen molar-refractivity contribution >= 4 is 6.29 Å². The van der Waals surface area contributed by atoms with E-state index in [2.05, 4.69) is 14.7 Å². The molecular formula is C7H8F2N2O2. The van der Waals surface area contributed by atoms with Crippen molar-refractivity contribution in [3.05, 3.63) is 11.7 Å². The molecule has 0 unspecified atom stereocenters. The van der Waals surface area contributed by atoms with E-state index in [4.69, 9.17) is 0 Å². The molecule has 0 spiro atoms. The van der Waals surface area contributed by atoms with Crippen LogP contribution in [-0.2, 0) is 11.2 Å². The lowest BCUT2D eigenvalue weighted by atomic mass is 10.2. The van der Waals surface area contributed by atoms with Crippen molar-refractivity contribution in [2.45, 2.75) is 25.7 Å². The highest BCUT2D eigenvalue weighted by atomic mass is 19.3. The van der Waals surface area contributed by atoms with Crippen LogP contribution in [-0.4, -0.2) is 16.4 Å². The van der Waals surface area contributed by atoms with Gasteiger partial charge in [-0.05, 0) is 6.42 Å². The molecule has 0 aliphatic heterocycles. The Hall–Kier alpha value is -1.33. The smallest absolute Gasteiger partial charge is 0.315 e. The Kier molecular flexibility index (Phi) is 3.48. The van der Waals surface area contributed by atoms with Crippen LogP contribution in [0.15, 0.2) is 4.52 Å². The fraction of sp³-hybridized carbons (Fsp3) is 0.571. The van der Waals surface area contributed by atoms with Gasteiger partial charge in [-0.15, -0.1) is 0 Å². The third-order valence-corrected chi connectivity index (χ3v) is 1.39. The Morgan fingerprint density at radius 3 is 2.85 bits per heavy atom. The van der Waals surface area contributed by atoms with Gasteiger partial charge in [-0.25, -0.2) is 0 Å². The van der Waals surface area contributed by atoms with Crippen LogP contribution in [0.2, 0.25) is 0 Å². The van der Waals surface area contributed by atoms with Crippen molar-refractivity contribution in [3.63, 3.8) is 0 Å². The molecule has 0 fully saturated rings. The third-order valence-electron chi connectivity index (χ3n) is 1.39. The zero-order chi connectivity index (χ0) is 9.68. The first-order chi connectivity index (χ1) is 6.24. The number of nitrogens with zero attached hydrogens (tertiary/aromatic N) is 2. The van der Waals surface area contributed by atoms with Gasteiger partial charge >= 0.3 is 6.43 Å². The largest absolute Gasteiger partial charge is 0.333 e. The highest BCUT2D eigenvalue weighted by molar-refractivity contribution is 5.49. The Bertz CT molecular complexity index is 275. The molecule has 13 heavy (non-hydrogen) atoms. The van der Waals surface area contributed by atoms with Gasteiger partial charge < -0.3 is 9.32 Å². The normalized spacial score (nSPS) is 10.7. The SMILES string of the molecule is O=CCCCc1noc(C(F)F)n1. The van der Waals surface area contributed by atoms with Crippen molar-refractivity contribution in [2.75, 3.05) is 0 Å². The molecule has 0 N–H and O–H groups in total. The molecule has 1 aromatic heterocycles. The fourth-order valence-corrected chi connectivity index (χ4v) is 0.801. The molecule has 6 heteroatoms. The number of carbonyl (C=O) groups excluding carboxylic acids is 1. The number of aldehydes is 1. The van der Waals surface area contributed by atoms with Crippen molar-refractivity contribution in [1.29, 1.82) is 0 Å². The summed E-state index contributed by atoms with van der Waals surface area (Å²) >= 11 is 0. The van der Waals surface area contributed by atoms with E-state index >= 15 is 0 Å². The van der Waals surface area contributed by atoms with Crippen LogP contribution >= 0.6 is 0 Å². The van der Waals surface area contributed by atoms with Gasteiger partial charge in [0.15, 0.2) is 5.82 Å². The molecule has 0 amide bonds. The summed E-state index contributed by atoms with van der Waals surface area (Å²) in [5.41, 5.74) is 0. The van der Waals surface area contributed by atoms with Crippen molar-refractivity contribution in [1.82, 2.24) is 10.1 Å². The van der Waals surface area contributed by atoms with Crippen molar-refractivity contribution < 1.29 is 18.1 Å². The molecule has 0 atom stereocenters. The van der Waals surface area contributed by atoms with Crippen LogP contribution in [0.3, 0.4) is 0 Å². The fourth-order valence-electron chi connectivity index (χ4n) is 0.801. The molecule has 0 aromatic carbocycles. The van der Waals surface area contributed by atoms with Gasteiger partial charge in [-0.3, -0.25) is 0 Å². The maximum Gasteiger partial charge on any atom is 0.315 e. The van der Waals surface area contributed by atoms with E-state index in [0.717, 1.165) is 6.29 Å². The van der Waals surface area contributed by atoms with E-state index in [0.29, 0.717) is 19.3 Å². The highest BCUT2D eigenvalue weighted by Crippen LogP contribution is 2.15. The molecule has 4 nitrogen and oxygen atoms in total. The number of carbonyl (C=O) groups is 1. The van der Waals surface area contributed by atoms with Crippen LogP contribution < -0.4 is 0 Å². The molecule has 0 aliphatic rings. The molecule has 0 radical (unpaired) electrons. The summed E-state index contributed by atoms with van der Waals surface area (Å²) in [6.45, 7) is 0. The quantitative estimate of drug-likeness (QED) is 0.521. The first-order valence-electron chi connectivity index (χ1n) is 3.78. The lowest BCUT2D eigenvalue weighted by molar-refractivity contribution is -0.107. The number of hydrogen-bond acceptors (Lipinski definition) is 4. The highest BCUT2D eigenvalue weighted by Gasteiger charge is 2.15. The van der Waals surface area contributed by atoms with Crippen LogP contribution in [0, 0.1) is 0 Å². The minimum absolute atomic E-state index is 0.220. The van der Waals surface area contributed by atoms with Gasteiger partial charge in [-0.1, -0.05) is 5.16 Å². The Labute approximate surface area is 72.9 Å². The Morgan fingerprint density at radius 2 is 2.31 bits per heavy atom. The second-order valence-electron chi connectivity index (χ2n) is 2.41. The van der Waals surface area contributed by atoms with E-state index in [1.54, 1.807) is 0 Å². The van der Waals surface area contributed by atoms with Gasteiger partial charge in [0.2, 0.25) is 0 Å². The maximum atomic E-state index is 11.9. The van der Waals surface area contributed by atoms with Crippen LogP contribution in [0.5, 0.6) is 0 Å². The van der Waals surface area contributed by atoms with Gasteiger partial charge in [0.05, 0.1) is 0 Å². The lowest BCUT2D eigenvalue weighted by Gasteiger charge is -1.87. The predicted molar refractivity (Wildman–Crippen MR) is 38.3 cm³/mol. The topological polar surface area (TPSA) is 56.0 Å².